The van der Waals surface area contributed by atoms with E-state index in [1.807, 2.05) is 18.2 Å². The summed E-state index contributed by atoms with van der Waals surface area (Å²) in [4.78, 5) is 26.4. The Labute approximate surface area is 168 Å². The maximum atomic E-state index is 13.0. The minimum absolute atomic E-state index is 0.0980. The summed E-state index contributed by atoms with van der Waals surface area (Å²) < 4.78 is 10.6. The van der Waals surface area contributed by atoms with Crippen LogP contribution in [0.4, 0.5) is 0 Å². The minimum atomic E-state index is -0.714. The normalized spacial score (nSPS) is 19.5. The Morgan fingerprint density at radius 2 is 2.14 bits per heavy atom. The Morgan fingerprint density at radius 1 is 1.39 bits per heavy atom. The zero-order chi connectivity index (χ0) is 20.3. The van der Waals surface area contributed by atoms with E-state index in [0.29, 0.717) is 40.6 Å². The number of aliphatic hydroxyl groups is 1. The molecule has 0 saturated carbocycles. The number of aryl methyl sites for hydroxylation is 1. The van der Waals surface area contributed by atoms with Gasteiger partial charge in [-0.05, 0) is 31.5 Å². The number of amides is 2. The van der Waals surface area contributed by atoms with Gasteiger partial charge in [-0.1, -0.05) is 23.7 Å². The number of hydrogen-bond acceptors (Lipinski definition) is 5. The SMILES string of the molecule is COCC(=O)N[C@@H]1CN(C(=O)c2cc(-c3ccccc3Cl)oc2C)CC[C@@H]1O. The number of carbonyl (C=O) groups is 2. The fraction of sp³-hybridized carbons (Fsp3) is 0.400. The first-order chi connectivity index (χ1) is 13.4. The molecule has 2 heterocycles. The number of methoxy groups -OCH3 is 1. The third-order valence-electron chi connectivity index (χ3n) is 4.77. The number of piperidine rings is 1. The van der Waals surface area contributed by atoms with Crippen molar-refractivity contribution in [2.75, 3.05) is 26.8 Å². The molecule has 2 aromatic rings. The molecule has 150 valence electrons. The number of ether oxygens (including phenoxy) is 1. The lowest BCUT2D eigenvalue weighted by molar-refractivity contribution is -0.126. The van der Waals surface area contributed by atoms with Gasteiger partial charge in [0, 0.05) is 25.8 Å². The molecule has 2 atom stereocenters. The molecule has 1 saturated heterocycles. The Balaban J connectivity index is 1.76. The van der Waals surface area contributed by atoms with Gasteiger partial charge in [-0.15, -0.1) is 0 Å². The molecule has 3 rings (SSSR count). The smallest absolute Gasteiger partial charge is 0.257 e. The molecule has 0 unspecified atom stereocenters. The van der Waals surface area contributed by atoms with Crippen LogP contribution in [0.3, 0.4) is 0 Å². The molecule has 1 aliphatic heterocycles. The van der Waals surface area contributed by atoms with Crippen molar-refractivity contribution in [2.24, 2.45) is 0 Å². The van der Waals surface area contributed by atoms with Crippen LogP contribution in [-0.2, 0) is 9.53 Å². The molecule has 0 spiro atoms. The molecule has 0 radical (unpaired) electrons. The molecule has 1 fully saturated rings. The number of nitrogens with zero attached hydrogens (tertiary/aromatic N) is 1. The van der Waals surface area contributed by atoms with Crippen molar-refractivity contribution in [3.63, 3.8) is 0 Å². The number of furan rings is 1. The topological polar surface area (TPSA) is 92.0 Å². The Kier molecular flexibility index (Phi) is 6.39. The second kappa shape index (κ2) is 8.77. The maximum absolute atomic E-state index is 13.0. The van der Waals surface area contributed by atoms with E-state index in [1.165, 1.54) is 7.11 Å². The lowest BCUT2D eigenvalue weighted by Gasteiger charge is -2.36. The van der Waals surface area contributed by atoms with Gasteiger partial charge in [-0.2, -0.15) is 0 Å². The van der Waals surface area contributed by atoms with E-state index < -0.39 is 12.1 Å². The summed E-state index contributed by atoms with van der Waals surface area (Å²) in [7, 11) is 1.42. The third-order valence-corrected chi connectivity index (χ3v) is 5.10. The van der Waals surface area contributed by atoms with Gasteiger partial charge >= 0.3 is 0 Å². The van der Waals surface area contributed by atoms with E-state index in [1.54, 1.807) is 24.0 Å². The van der Waals surface area contributed by atoms with Crippen molar-refractivity contribution in [1.29, 1.82) is 0 Å². The largest absolute Gasteiger partial charge is 0.460 e. The fourth-order valence-electron chi connectivity index (χ4n) is 3.30. The summed E-state index contributed by atoms with van der Waals surface area (Å²) in [6.07, 6.45) is -0.341. The van der Waals surface area contributed by atoms with E-state index in [2.05, 4.69) is 5.32 Å². The predicted molar refractivity (Wildman–Crippen MR) is 104 cm³/mol. The second-order valence-corrected chi connectivity index (χ2v) is 7.18. The third kappa shape index (κ3) is 4.38. The molecular formula is C20H23ClN2O5. The number of likely N-dealkylation sites (tertiary alicyclic amines) is 1. The van der Waals surface area contributed by atoms with E-state index in [4.69, 9.17) is 20.8 Å². The van der Waals surface area contributed by atoms with Gasteiger partial charge in [0.05, 0.1) is 22.7 Å². The monoisotopic (exact) mass is 406 g/mol. The summed E-state index contributed by atoms with van der Waals surface area (Å²) in [5.74, 6) is 0.471. The second-order valence-electron chi connectivity index (χ2n) is 6.77. The molecular weight excluding hydrogens is 384 g/mol. The van der Waals surface area contributed by atoms with Gasteiger partial charge in [-0.25, -0.2) is 0 Å². The first-order valence-electron chi connectivity index (χ1n) is 9.01. The van der Waals surface area contributed by atoms with Crippen LogP contribution in [0.2, 0.25) is 5.02 Å². The number of aliphatic hydroxyl groups excluding tert-OH is 1. The van der Waals surface area contributed by atoms with Gasteiger partial charge in [0.15, 0.2) is 0 Å². The Hall–Kier alpha value is -2.35. The molecule has 2 amide bonds. The van der Waals surface area contributed by atoms with Gasteiger partial charge < -0.3 is 24.5 Å². The summed E-state index contributed by atoms with van der Waals surface area (Å²) in [6.45, 7) is 2.23. The van der Waals surface area contributed by atoms with Crippen LogP contribution in [0.1, 0.15) is 22.5 Å². The first kappa shape index (κ1) is 20.4. The predicted octanol–water partition coefficient (Wildman–Crippen LogP) is 2.25. The van der Waals surface area contributed by atoms with E-state index >= 15 is 0 Å². The number of halogens is 1. The summed E-state index contributed by atoms with van der Waals surface area (Å²) in [5.41, 5.74) is 1.15. The van der Waals surface area contributed by atoms with Crippen LogP contribution >= 0.6 is 11.6 Å². The molecule has 1 aromatic heterocycles. The van der Waals surface area contributed by atoms with E-state index in [0.717, 1.165) is 0 Å². The number of carbonyl (C=O) groups excluding carboxylic acids is 2. The lowest BCUT2D eigenvalue weighted by atomic mass is 10.0. The Bertz CT molecular complexity index is 866. The highest BCUT2D eigenvalue weighted by molar-refractivity contribution is 6.33. The zero-order valence-electron chi connectivity index (χ0n) is 15.8. The van der Waals surface area contributed by atoms with Crippen LogP contribution in [0.15, 0.2) is 34.7 Å². The number of rotatable bonds is 5. The van der Waals surface area contributed by atoms with Crippen molar-refractivity contribution in [3.8, 4) is 11.3 Å². The first-order valence-corrected chi connectivity index (χ1v) is 9.39. The van der Waals surface area contributed by atoms with Gasteiger partial charge in [-0.3, -0.25) is 9.59 Å². The molecule has 0 bridgehead atoms. The average Bonchev–Trinajstić information content (AvgIpc) is 3.05. The highest BCUT2D eigenvalue weighted by Crippen LogP contribution is 2.31. The fourth-order valence-corrected chi connectivity index (χ4v) is 3.53. The molecule has 1 aromatic carbocycles. The molecule has 0 aliphatic carbocycles. The molecule has 7 nitrogen and oxygen atoms in total. The standard InChI is InChI=1S/C20H23ClN2O5/c1-12-14(9-18(28-12)13-5-3-4-6-15(13)21)20(26)23-8-7-17(24)16(10-23)22-19(25)11-27-2/h3-6,9,16-17,24H,7-8,10-11H2,1-2H3,(H,22,25)/t16-,17+/m1/s1. The molecule has 28 heavy (non-hydrogen) atoms. The minimum Gasteiger partial charge on any atom is -0.460 e. The highest BCUT2D eigenvalue weighted by Gasteiger charge is 2.33. The zero-order valence-corrected chi connectivity index (χ0v) is 16.5. The molecule has 1 aliphatic rings. The summed E-state index contributed by atoms with van der Waals surface area (Å²) in [6, 6.07) is 8.39. The lowest BCUT2D eigenvalue weighted by Crippen LogP contribution is -2.56. The van der Waals surface area contributed by atoms with E-state index in [-0.39, 0.29) is 25.0 Å². The van der Waals surface area contributed by atoms with Gasteiger partial charge in [0.2, 0.25) is 5.91 Å². The van der Waals surface area contributed by atoms with Gasteiger partial charge in [0.25, 0.3) is 5.91 Å². The summed E-state index contributed by atoms with van der Waals surface area (Å²) in [5, 5.41) is 13.4. The van der Waals surface area contributed by atoms with Crippen LogP contribution in [0, 0.1) is 6.92 Å². The highest BCUT2D eigenvalue weighted by atomic mass is 35.5. The van der Waals surface area contributed by atoms with Crippen LogP contribution in [0.25, 0.3) is 11.3 Å². The number of benzene rings is 1. The summed E-state index contributed by atoms with van der Waals surface area (Å²) >= 11 is 6.22. The number of nitrogens with one attached hydrogen (secondary N) is 1. The molecule has 2 N–H and O–H groups in total. The van der Waals surface area contributed by atoms with Crippen LogP contribution in [0.5, 0.6) is 0 Å². The maximum Gasteiger partial charge on any atom is 0.257 e. The van der Waals surface area contributed by atoms with Crippen LogP contribution in [-0.4, -0.2) is 60.8 Å². The van der Waals surface area contributed by atoms with Crippen molar-refractivity contribution in [2.45, 2.75) is 25.5 Å². The van der Waals surface area contributed by atoms with Crippen molar-refractivity contribution in [1.82, 2.24) is 10.2 Å². The van der Waals surface area contributed by atoms with Gasteiger partial charge in [0.1, 0.15) is 18.1 Å². The number of hydrogen-bond donors (Lipinski definition) is 2. The molecule has 8 heteroatoms. The Morgan fingerprint density at radius 3 is 2.86 bits per heavy atom. The van der Waals surface area contributed by atoms with E-state index in [9.17, 15) is 14.7 Å². The van der Waals surface area contributed by atoms with Crippen molar-refractivity contribution >= 4 is 23.4 Å². The van der Waals surface area contributed by atoms with Crippen molar-refractivity contribution < 1.29 is 23.8 Å². The quantitative estimate of drug-likeness (QED) is 0.794. The van der Waals surface area contributed by atoms with Crippen molar-refractivity contribution in [3.05, 3.63) is 46.7 Å². The average molecular weight is 407 g/mol. The van der Waals surface area contributed by atoms with Crippen LogP contribution < -0.4 is 5.32 Å².